The van der Waals surface area contributed by atoms with Gasteiger partial charge >= 0.3 is 0 Å². The van der Waals surface area contributed by atoms with Crippen molar-refractivity contribution in [3.05, 3.63) is 22.7 Å². The smallest absolute Gasteiger partial charge is 0.179 e. The van der Waals surface area contributed by atoms with E-state index >= 15 is 0 Å². The molecule has 0 spiro atoms. The molecule has 1 unspecified atom stereocenters. The molecule has 0 aromatic heterocycles. The molecule has 0 bridgehead atoms. The first-order valence-electron chi connectivity index (χ1n) is 5.38. The Labute approximate surface area is 101 Å². The van der Waals surface area contributed by atoms with Crippen molar-refractivity contribution in [2.45, 2.75) is 12.3 Å². The van der Waals surface area contributed by atoms with E-state index in [-0.39, 0.29) is 0 Å². The zero-order valence-electron chi connectivity index (χ0n) is 9.55. The summed E-state index contributed by atoms with van der Waals surface area (Å²) in [5.41, 5.74) is 1.22. The van der Waals surface area contributed by atoms with Crippen LogP contribution < -0.4 is 14.8 Å². The molecule has 88 valence electrons. The van der Waals surface area contributed by atoms with Crippen molar-refractivity contribution in [2.75, 3.05) is 27.3 Å². The Balaban J connectivity index is 2.36. The monoisotopic (exact) mass is 241 g/mol. The van der Waals surface area contributed by atoms with E-state index in [1.165, 1.54) is 5.56 Å². The SMILES string of the molecule is COc1cc(C2CCNC2)cc(Cl)c1OC. The third-order valence-electron chi connectivity index (χ3n) is 2.99. The summed E-state index contributed by atoms with van der Waals surface area (Å²) in [7, 11) is 3.23. The first-order valence-corrected chi connectivity index (χ1v) is 5.76. The van der Waals surface area contributed by atoms with Crippen molar-refractivity contribution < 1.29 is 9.47 Å². The summed E-state index contributed by atoms with van der Waals surface area (Å²) < 4.78 is 10.5. The van der Waals surface area contributed by atoms with Gasteiger partial charge in [0.25, 0.3) is 0 Å². The van der Waals surface area contributed by atoms with Gasteiger partial charge in [0.2, 0.25) is 0 Å². The molecule has 1 saturated heterocycles. The fourth-order valence-corrected chi connectivity index (χ4v) is 2.41. The van der Waals surface area contributed by atoms with Crippen molar-refractivity contribution in [3.63, 3.8) is 0 Å². The van der Waals surface area contributed by atoms with Crippen molar-refractivity contribution in [1.29, 1.82) is 0 Å². The lowest BCUT2D eigenvalue weighted by Gasteiger charge is -2.14. The molecule has 1 aliphatic rings. The summed E-state index contributed by atoms with van der Waals surface area (Å²) in [5, 5.41) is 3.96. The van der Waals surface area contributed by atoms with Gasteiger partial charge in [-0.3, -0.25) is 0 Å². The summed E-state index contributed by atoms with van der Waals surface area (Å²) in [6.07, 6.45) is 1.14. The number of hydrogen-bond acceptors (Lipinski definition) is 3. The minimum Gasteiger partial charge on any atom is -0.493 e. The van der Waals surface area contributed by atoms with Gasteiger partial charge in [-0.25, -0.2) is 0 Å². The quantitative estimate of drug-likeness (QED) is 0.882. The highest BCUT2D eigenvalue weighted by atomic mass is 35.5. The Bertz CT molecular complexity index is 376. The van der Waals surface area contributed by atoms with Crippen molar-refractivity contribution >= 4 is 11.6 Å². The molecule has 16 heavy (non-hydrogen) atoms. The number of benzene rings is 1. The molecule has 1 N–H and O–H groups in total. The lowest BCUT2D eigenvalue weighted by Crippen LogP contribution is -2.08. The van der Waals surface area contributed by atoms with Crippen LogP contribution in [0.25, 0.3) is 0 Å². The van der Waals surface area contributed by atoms with Crippen LogP contribution in [0.1, 0.15) is 17.9 Å². The predicted molar refractivity (Wildman–Crippen MR) is 64.8 cm³/mol. The number of halogens is 1. The highest BCUT2D eigenvalue weighted by Crippen LogP contribution is 2.38. The molecule has 0 amide bonds. The van der Waals surface area contributed by atoms with Crippen molar-refractivity contribution in [2.24, 2.45) is 0 Å². The fraction of sp³-hybridized carbons (Fsp3) is 0.500. The van der Waals surface area contributed by atoms with Crippen LogP contribution in [0.3, 0.4) is 0 Å². The van der Waals surface area contributed by atoms with Crippen LogP contribution in [0.5, 0.6) is 11.5 Å². The van der Waals surface area contributed by atoms with E-state index in [2.05, 4.69) is 5.32 Å². The molecule has 0 aliphatic carbocycles. The first kappa shape index (κ1) is 11.6. The van der Waals surface area contributed by atoms with E-state index < -0.39 is 0 Å². The minimum absolute atomic E-state index is 0.525. The van der Waals surface area contributed by atoms with Crippen LogP contribution in [-0.4, -0.2) is 27.3 Å². The van der Waals surface area contributed by atoms with E-state index in [9.17, 15) is 0 Å². The van der Waals surface area contributed by atoms with E-state index in [0.29, 0.717) is 22.4 Å². The van der Waals surface area contributed by atoms with Crippen LogP contribution in [0.4, 0.5) is 0 Å². The molecule has 1 aromatic rings. The number of ether oxygens (including phenoxy) is 2. The van der Waals surface area contributed by atoms with Crippen LogP contribution >= 0.6 is 11.6 Å². The van der Waals surface area contributed by atoms with E-state index in [4.69, 9.17) is 21.1 Å². The molecule has 2 rings (SSSR count). The highest BCUT2D eigenvalue weighted by molar-refractivity contribution is 6.32. The van der Waals surface area contributed by atoms with Crippen LogP contribution in [0.15, 0.2) is 12.1 Å². The van der Waals surface area contributed by atoms with Gasteiger partial charge in [0.1, 0.15) is 0 Å². The van der Waals surface area contributed by atoms with E-state index in [0.717, 1.165) is 19.5 Å². The molecule has 1 heterocycles. The summed E-state index contributed by atoms with van der Waals surface area (Å²) in [6, 6.07) is 3.99. The molecule has 1 fully saturated rings. The number of methoxy groups -OCH3 is 2. The van der Waals surface area contributed by atoms with Crippen LogP contribution in [0.2, 0.25) is 5.02 Å². The first-order chi connectivity index (χ1) is 7.76. The maximum atomic E-state index is 6.17. The third-order valence-corrected chi connectivity index (χ3v) is 3.27. The Kier molecular flexibility index (Phi) is 3.56. The molecule has 1 aliphatic heterocycles. The predicted octanol–water partition coefficient (Wildman–Crippen LogP) is 2.43. The lowest BCUT2D eigenvalue weighted by molar-refractivity contribution is 0.354. The van der Waals surface area contributed by atoms with Gasteiger partial charge in [-0.2, -0.15) is 0 Å². The topological polar surface area (TPSA) is 30.5 Å². The maximum Gasteiger partial charge on any atom is 0.179 e. The zero-order chi connectivity index (χ0) is 11.5. The normalized spacial score (nSPS) is 19.8. The second-order valence-electron chi connectivity index (χ2n) is 3.93. The second-order valence-corrected chi connectivity index (χ2v) is 4.34. The largest absolute Gasteiger partial charge is 0.493 e. The Hall–Kier alpha value is -0.930. The summed E-state index contributed by atoms with van der Waals surface area (Å²) in [6.45, 7) is 2.07. The van der Waals surface area contributed by atoms with E-state index in [1.54, 1.807) is 14.2 Å². The van der Waals surface area contributed by atoms with Crippen LogP contribution in [0, 0.1) is 0 Å². The molecule has 0 saturated carbocycles. The molecule has 4 heteroatoms. The number of rotatable bonds is 3. The standard InChI is InChI=1S/C12H16ClNO2/c1-15-11-6-9(8-3-4-14-7-8)5-10(13)12(11)16-2/h5-6,8,14H,3-4,7H2,1-2H3. The van der Waals surface area contributed by atoms with Gasteiger partial charge in [0.15, 0.2) is 11.5 Å². The average Bonchev–Trinajstić information content (AvgIpc) is 2.81. The Morgan fingerprint density at radius 3 is 2.69 bits per heavy atom. The molecular formula is C12H16ClNO2. The Morgan fingerprint density at radius 2 is 2.12 bits per heavy atom. The van der Waals surface area contributed by atoms with E-state index in [1.807, 2.05) is 12.1 Å². The number of nitrogens with one attached hydrogen (secondary N) is 1. The summed E-state index contributed by atoms with van der Waals surface area (Å²) >= 11 is 6.17. The highest BCUT2D eigenvalue weighted by Gasteiger charge is 2.20. The maximum absolute atomic E-state index is 6.17. The van der Waals surface area contributed by atoms with Crippen molar-refractivity contribution in [1.82, 2.24) is 5.32 Å². The van der Waals surface area contributed by atoms with Gasteiger partial charge in [-0.1, -0.05) is 11.6 Å². The summed E-state index contributed by atoms with van der Waals surface area (Å²) in [4.78, 5) is 0. The van der Waals surface area contributed by atoms with Gasteiger partial charge in [-0.05, 0) is 36.6 Å². The zero-order valence-corrected chi connectivity index (χ0v) is 10.3. The fourth-order valence-electron chi connectivity index (χ4n) is 2.11. The second kappa shape index (κ2) is 4.93. The lowest BCUT2D eigenvalue weighted by atomic mass is 9.98. The van der Waals surface area contributed by atoms with Gasteiger partial charge in [0, 0.05) is 6.54 Å². The van der Waals surface area contributed by atoms with Crippen LogP contribution in [-0.2, 0) is 0 Å². The van der Waals surface area contributed by atoms with Gasteiger partial charge < -0.3 is 14.8 Å². The molecule has 1 atom stereocenters. The van der Waals surface area contributed by atoms with Crippen molar-refractivity contribution in [3.8, 4) is 11.5 Å². The third kappa shape index (κ3) is 2.11. The summed E-state index contributed by atoms with van der Waals surface area (Å²) in [5.74, 6) is 1.84. The molecule has 0 radical (unpaired) electrons. The van der Waals surface area contributed by atoms with Gasteiger partial charge in [-0.15, -0.1) is 0 Å². The minimum atomic E-state index is 0.525. The molecule has 1 aromatic carbocycles. The molecule has 3 nitrogen and oxygen atoms in total. The molecular weight excluding hydrogens is 226 g/mol. The Morgan fingerprint density at radius 1 is 1.31 bits per heavy atom. The van der Waals surface area contributed by atoms with Gasteiger partial charge in [0.05, 0.1) is 19.2 Å². The number of hydrogen-bond donors (Lipinski definition) is 1. The average molecular weight is 242 g/mol.